The zero-order chi connectivity index (χ0) is 7.14. The van der Waals surface area contributed by atoms with Gasteiger partial charge in [0.2, 0.25) is 0 Å². The van der Waals surface area contributed by atoms with Gasteiger partial charge in [0.1, 0.15) is 0 Å². The van der Waals surface area contributed by atoms with Crippen LogP contribution in [0.1, 0.15) is 0 Å². The molecule has 0 amide bonds. The van der Waals surface area contributed by atoms with E-state index in [-0.39, 0.29) is 0 Å². The Balaban J connectivity index is 2.09. The van der Waals surface area contributed by atoms with Crippen molar-refractivity contribution in [1.82, 2.24) is 4.90 Å². The number of likely N-dealkylation sites (N-methyl/N-ethyl adjacent to an activating group) is 1. The van der Waals surface area contributed by atoms with Crippen molar-refractivity contribution >= 4 is 22.6 Å². The van der Waals surface area contributed by atoms with Crippen molar-refractivity contribution < 1.29 is 4.74 Å². The van der Waals surface area contributed by atoms with Gasteiger partial charge < -0.3 is 9.64 Å². The van der Waals surface area contributed by atoms with Crippen LogP contribution in [0.3, 0.4) is 0 Å². The Kier molecular flexibility index (Phi) is 1.90. The van der Waals surface area contributed by atoms with Crippen LogP contribution >= 0.6 is 22.6 Å². The fraction of sp³-hybridized carbons (Fsp3) is 1.00. The molecule has 2 aliphatic heterocycles. The molecule has 3 heteroatoms. The monoisotopic (exact) mass is 253 g/mol. The number of ether oxygens (including phenoxy) is 1. The van der Waals surface area contributed by atoms with Gasteiger partial charge in [0.15, 0.2) is 0 Å². The molecule has 58 valence electrons. The van der Waals surface area contributed by atoms with E-state index < -0.39 is 0 Å². The van der Waals surface area contributed by atoms with Crippen molar-refractivity contribution in [2.75, 3.05) is 26.7 Å². The molecule has 2 fully saturated rings. The van der Waals surface area contributed by atoms with Crippen LogP contribution in [0.15, 0.2) is 0 Å². The molecule has 2 bridgehead atoms. The Hall–Kier alpha value is 0.650. The second-order valence-electron chi connectivity index (χ2n) is 3.30. The van der Waals surface area contributed by atoms with E-state index in [0.717, 1.165) is 23.0 Å². The third-order valence-electron chi connectivity index (χ3n) is 2.37. The van der Waals surface area contributed by atoms with Gasteiger partial charge >= 0.3 is 0 Å². The van der Waals surface area contributed by atoms with E-state index in [1.165, 1.54) is 6.54 Å². The maximum Gasteiger partial charge on any atom is 0.0823 e. The molecule has 0 radical (unpaired) electrons. The molecule has 1 unspecified atom stereocenters. The fourth-order valence-corrected chi connectivity index (χ4v) is 2.69. The third-order valence-corrected chi connectivity index (χ3v) is 4.19. The molecule has 0 spiro atoms. The van der Waals surface area contributed by atoms with Crippen molar-refractivity contribution in [3.8, 4) is 0 Å². The summed E-state index contributed by atoms with van der Waals surface area (Å²) < 4.78 is 6.38. The van der Waals surface area contributed by atoms with Crippen LogP contribution in [0.25, 0.3) is 0 Å². The molecule has 0 aromatic carbocycles. The standard InChI is InChI=1S/C7H12INO/c1-9-2-5-4-10-6(3-9)7(5)8/h5-7H,2-4H2,1H3/t5-,6-,7?/m1/s1. The van der Waals surface area contributed by atoms with Crippen molar-refractivity contribution in [1.29, 1.82) is 0 Å². The van der Waals surface area contributed by atoms with Crippen molar-refractivity contribution in [3.05, 3.63) is 0 Å². The first-order valence-corrected chi connectivity index (χ1v) is 4.96. The van der Waals surface area contributed by atoms with Gasteiger partial charge in [-0.3, -0.25) is 0 Å². The summed E-state index contributed by atoms with van der Waals surface area (Å²) in [5.74, 6) is 0.796. The molecule has 2 nitrogen and oxygen atoms in total. The Morgan fingerprint density at radius 3 is 3.00 bits per heavy atom. The first-order valence-electron chi connectivity index (χ1n) is 3.71. The number of nitrogens with zero attached hydrogens (tertiary/aromatic N) is 1. The van der Waals surface area contributed by atoms with Crippen LogP contribution in [-0.2, 0) is 4.74 Å². The number of hydrogen-bond donors (Lipinski definition) is 0. The Morgan fingerprint density at radius 2 is 2.30 bits per heavy atom. The van der Waals surface area contributed by atoms with Crippen LogP contribution in [0.4, 0.5) is 0 Å². The molecule has 0 aromatic rings. The lowest BCUT2D eigenvalue weighted by atomic mass is 10.0. The topological polar surface area (TPSA) is 12.5 Å². The number of alkyl halides is 1. The number of likely N-dealkylation sites (tertiary alicyclic amines) is 1. The predicted octanol–water partition coefficient (Wildman–Crippen LogP) is 0.750. The predicted molar refractivity (Wildman–Crippen MR) is 48.5 cm³/mol. The lowest BCUT2D eigenvalue weighted by molar-refractivity contribution is 0.0979. The quantitative estimate of drug-likeness (QED) is 0.466. The van der Waals surface area contributed by atoms with Gasteiger partial charge in [-0.15, -0.1) is 0 Å². The SMILES string of the molecule is CN1C[C@@H]2CO[C@H](C1)C2I. The highest BCUT2D eigenvalue weighted by Gasteiger charge is 2.40. The van der Waals surface area contributed by atoms with Gasteiger partial charge in [0, 0.05) is 22.9 Å². The van der Waals surface area contributed by atoms with Crippen LogP contribution in [0.2, 0.25) is 0 Å². The lowest BCUT2D eigenvalue weighted by Crippen LogP contribution is -2.43. The van der Waals surface area contributed by atoms with Gasteiger partial charge in [-0.25, -0.2) is 0 Å². The second kappa shape index (κ2) is 2.60. The third kappa shape index (κ3) is 1.08. The van der Waals surface area contributed by atoms with Crippen LogP contribution in [0.5, 0.6) is 0 Å². The van der Waals surface area contributed by atoms with E-state index in [9.17, 15) is 0 Å². The molecule has 0 N–H and O–H groups in total. The van der Waals surface area contributed by atoms with Gasteiger partial charge in [-0.2, -0.15) is 0 Å². The molecule has 0 aliphatic carbocycles. The Labute approximate surface area is 75.1 Å². The van der Waals surface area contributed by atoms with E-state index in [2.05, 4.69) is 34.5 Å². The van der Waals surface area contributed by atoms with Crippen molar-refractivity contribution in [2.45, 2.75) is 10.0 Å². The molecular formula is C7H12INO. The summed E-state index contributed by atoms with van der Waals surface area (Å²) in [7, 11) is 2.18. The maximum absolute atomic E-state index is 5.61. The average molecular weight is 253 g/mol. The zero-order valence-electron chi connectivity index (χ0n) is 6.09. The first kappa shape index (κ1) is 7.31. The first-order chi connectivity index (χ1) is 4.77. The van der Waals surface area contributed by atoms with Crippen molar-refractivity contribution in [3.63, 3.8) is 0 Å². The van der Waals surface area contributed by atoms with E-state index in [1.54, 1.807) is 0 Å². The highest BCUT2D eigenvalue weighted by molar-refractivity contribution is 14.1. The van der Waals surface area contributed by atoms with E-state index in [4.69, 9.17) is 4.74 Å². The Bertz CT molecular complexity index is 128. The molecule has 2 rings (SSSR count). The zero-order valence-corrected chi connectivity index (χ0v) is 8.24. The summed E-state index contributed by atoms with van der Waals surface area (Å²) in [5, 5.41) is 0. The minimum Gasteiger partial charge on any atom is -0.375 e. The van der Waals surface area contributed by atoms with Crippen LogP contribution in [0, 0.1) is 5.92 Å². The molecular weight excluding hydrogens is 241 g/mol. The van der Waals surface area contributed by atoms with Crippen molar-refractivity contribution in [2.24, 2.45) is 5.92 Å². The molecule has 2 saturated heterocycles. The van der Waals surface area contributed by atoms with Gasteiger partial charge in [-0.1, -0.05) is 22.6 Å². The number of fused-ring (bicyclic) bond motifs is 2. The molecule has 0 aromatic heterocycles. The van der Waals surface area contributed by atoms with E-state index >= 15 is 0 Å². The smallest absolute Gasteiger partial charge is 0.0823 e. The number of halogens is 1. The Morgan fingerprint density at radius 1 is 1.50 bits per heavy atom. The van der Waals surface area contributed by atoms with E-state index in [0.29, 0.717) is 6.10 Å². The molecule has 2 heterocycles. The highest BCUT2D eigenvalue weighted by atomic mass is 127. The average Bonchev–Trinajstić information content (AvgIpc) is 2.20. The van der Waals surface area contributed by atoms with Gasteiger partial charge in [-0.05, 0) is 7.05 Å². The summed E-state index contributed by atoms with van der Waals surface area (Å²) in [5.41, 5.74) is 0. The molecule has 3 atom stereocenters. The van der Waals surface area contributed by atoms with Gasteiger partial charge in [0.25, 0.3) is 0 Å². The minimum absolute atomic E-state index is 0.518. The number of rotatable bonds is 0. The summed E-state index contributed by atoms with van der Waals surface area (Å²) in [6, 6.07) is 0. The second-order valence-corrected chi connectivity index (χ2v) is 4.74. The lowest BCUT2D eigenvalue weighted by Gasteiger charge is -2.30. The fourth-order valence-electron chi connectivity index (χ4n) is 1.82. The van der Waals surface area contributed by atoms with Crippen LogP contribution < -0.4 is 0 Å². The summed E-state index contributed by atoms with van der Waals surface area (Å²) in [4.78, 5) is 2.37. The maximum atomic E-state index is 5.61. The molecule has 2 aliphatic rings. The minimum atomic E-state index is 0.518. The summed E-state index contributed by atoms with van der Waals surface area (Å²) >= 11 is 2.53. The normalized spacial score (nSPS) is 48.0. The number of hydrogen-bond acceptors (Lipinski definition) is 2. The number of piperidine rings is 1. The largest absolute Gasteiger partial charge is 0.375 e. The summed E-state index contributed by atoms with van der Waals surface area (Å²) in [6.07, 6.45) is 0.518. The van der Waals surface area contributed by atoms with Crippen LogP contribution in [-0.4, -0.2) is 41.7 Å². The highest BCUT2D eigenvalue weighted by Crippen LogP contribution is 2.32. The van der Waals surface area contributed by atoms with E-state index in [1.807, 2.05) is 0 Å². The summed E-state index contributed by atoms with van der Waals surface area (Å²) in [6.45, 7) is 3.34. The molecule has 10 heavy (non-hydrogen) atoms. The van der Waals surface area contributed by atoms with Gasteiger partial charge in [0.05, 0.1) is 12.7 Å². The molecule has 0 saturated carbocycles.